The summed E-state index contributed by atoms with van der Waals surface area (Å²) in [4.78, 5) is 37.3. The van der Waals surface area contributed by atoms with Gasteiger partial charge in [0.1, 0.15) is 0 Å². The van der Waals surface area contributed by atoms with E-state index in [0.717, 1.165) is 24.9 Å². The molecular formula is C18H22N2O4. The number of anilines is 2. The lowest BCUT2D eigenvalue weighted by molar-refractivity contribution is -0.157. The molecule has 0 spiro atoms. The van der Waals surface area contributed by atoms with Gasteiger partial charge in [-0.3, -0.25) is 14.4 Å². The highest BCUT2D eigenvalue weighted by Crippen LogP contribution is 2.44. The molecule has 1 aromatic rings. The molecular weight excluding hydrogens is 308 g/mol. The second kappa shape index (κ2) is 6.63. The zero-order valence-corrected chi connectivity index (χ0v) is 13.6. The summed E-state index contributed by atoms with van der Waals surface area (Å²) in [6.07, 6.45) is 4.40. The predicted octanol–water partition coefficient (Wildman–Crippen LogP) is 2.79. The molecule has 1 saturated heterocycles. The summed E-state index contributed by atoms with van der Waals surface area (Å²) >= 11 is 0. The Morgan fingerprint density at radius 3 is 2.62 bits per heavy atom. The molecule has 1 heterocycles. The van der Waals surface area contributed by atoms with Crippen molar-refractivity contribution in [2.45, 2.75) is 44.9 Å². The van der Waals surface area contributed by atoms with Crippen molar-refractivity contribution in [3.05, 3.63) is 24.3 Å². The van der Waals surface area contributed by atoms with Crippen LogP contribution in [0.1, 0.15) is 44.9 Å². The third-order valence-electron chi connectivity index (χ3n) is 5.03. The van der Waals surface area contributed by atoms with E-state index >= 15 is 0 Å². The number of benzene rings is 1. The van der Waals surface area contributed by atoms with Crippen LogP contribution in [0.4, 0.5) is 11.4 Å². The summed E-state index contributed by atoms with van der Waals surface area (Å²) < 4.78 is 0. The van der Waals surface area contributed by atoms with Crippen LogP contribution in [0, 0.1) is 5.41 Å². The molecule has 0 aromatic heterocycles. The zero-order valence-electron chi connectivity index (χ0n) is 13.6. The maximum absolute atomic E-state index is 12.2. The number of carboxylic acid groups (broad SMARTS) is 1. The van der Waals surface area contributed by atoms with Crippen molar-refractivity contribution >= 4 is 29.2 Å². The minimum atomic E-state index is -0.898. The summed E-state index contributed by atoms with van der Waals surface area (Å²) in [5.41, 5.74) is 0.467. The van der Waals surface area contributed by atoms with Crippen molar-refractivity contribution in [1.29, 1.82) is 0 Å². The Morgan fingerprint density at radius 1 is 1.21 bits per heavy atom. The van der Waals surface area contributed by atoms with E-state index in [-0.39, 0.29) is 18.2 Å². The van der Waals surface area contributed by atoms with Gasteiger partial charge in [-0.15, -0.1) is 0 Å². The SMILES string of the molecule is O=C(CC1(C(=O)O)CCC1)Nc1cccc(N2CCCCC2=O)c1. The highest BCUT2D eigenvalue weighted by atomic mass is 16.4. The van der Waals surface area contributed by atoms with Crippen molar-refractivity contribution in [2.24, 2.45) is 5.41 Å². The summed E-state index contributed by atoms with van der Waals surface area (Å²) in [5, 5.41) is 12.1. The van der Waals surface area contributed by atoms with Gasteiger partial charge in [0.05, 0.1) is 5.41 Å². The Hall–Kier alpha value is -2.37. The largest absolute Gasteiger partial charge is 0.481 e. The summed E-state index contributed by atoms with van der Waals surface area (Å²) in [6.45, 7) is 0.693. The lowest BCUT2D eigenvalue weighted by atomic mass is 9.66. The minimum Gasteiger partial charge on any atom is -0.481 e. The van der Waals surface area contributed by atoms with Gasteiger partial charge in [-0.25, -0.2) is 0 Å². The van der Waals surface area contributed by atoms with Gasteiger partial charge in [0, 0.05) is 30.8 Å². The van der Waals surface area contributed by atoms with Gasteiger partial charge in [-0.05, 0) is 43.9 Å². The normalized spacial score (nSPS) is 19.5. The fourth-order valence-electron chi connectivity index (χ4n) is 3.41. The highest BCUT2D eigenvalue weighted by Gasteiger charge is 2.45. The van der Waals surface area contributed by atoms with Gasteiger partial charge in [0.2, 0.25) is 11.8 Å². The molecule has 0 bridgehead atoms. The van der Waals surface area contributed by atoms with E-state index in [2.05, 4.69) is 5.32 Å². The number of hydrogen-bond acceptors (Lipinski definition) is 3. The molecule has 1 saturated carbocycles. The Balaban J connectivity index is 1.67. The molecule has 1 aliphatic carbocycles. The van der Waals surface area contributed by atoms with E-state index in [0.29, 0.717) is 31.5 Å². The van der Waals surface area contributed by atoms with Crippen LogP contribution in [-0.2, 0) is 14.4 Å². The quantitative estimate of drug-likeness (QED) is 0.869. The molecule has 0 unspecified atom stereocenters. The molecule has 2 fully saturated rings. The molecule has 6 nitrogen and oxygen atoms in total. The number of carbonyl (C=O) groups excluding carboxylic acids is 2. The number of aliphatic carboxylic acids is 1. The first-order valence-electron chi connectivity index (χ1n) is 8.44. The lowest BCUT2D eigenvalue weighted by Gasteiger charge is -2.36. The van der Waals surface area contributed by atoms with E-state index in [1.165, 1.54) is 0 Å². The van der Waals surface area contributed by atoms with Crippen LogP contribution in [0.15, 0.2) is 24.3 Å². The van der Waals surface area contributed by atoms with Crippen molar-refractivity contribution < 1.29 is 19.5 Å². The van der Waals surface area contributed by atoms with Crippen LogP contribution in [0.5, 0.6) is 0 Å². The topological polar surface area (TPSA) is 86.7 Å². The Labute approximate surface area is 140 Å². The minimum absolute atomic E-state index is 0.00476. The highest BCUT2D eigenvalue weighted by molar-refractivity contribution is 5.97. The van der Waals surface area contributed by atoms with Crippen LogP contribution >= 0.6 is 0 Å². The van der Waals surface area contributed by atoms with Crippen LogP contribution in [0.2, 0.25) is 0 Å². The van der Waals surface area contributed by atoms with Crippen molar-refractivity contribution in [3.63, 3.8) is 0 Å². The average molecular weight is 330 g/mol. The number of carboxylic acids is 1. The molecule has 3 rings (SSSR count). The summed E-state index contributed by atoms with van der Waals surface area (Å²) in [7, 11) is 0. The van der Waals surface area contributed by atoms with Crippen LogP contribution in [-0.4, -0.2) is 29.4 Å². The molecule has 0 radical (unpaired) electrons. The van der Waals surface area contributed by atoms with E-state index in [9.17, 15) is 19.5 Å². The lowest BCUT2D eigenvalue weighted by Crippen LogP contribution is -2.41. The van der Waals surface area contributed by atoms with Crippen LogP contribution in [0.25, 0.3) is 0 Å². The third kappa shape index (κ3) is 3.27. The molecule has 2 N–H and O–H groups in total. The molecule has 1 aliphatic heterocycles. The number of hydrogen-bond donors (Lipinski definition) is 2. The van der Waals surface area contributed by atoms with Crippen LogP contribution in [0.3, 0.4) is 0 Å². The monoisotopic (exact) mass is 330 g/mol. The Morgan fingerprint density at radius 2 is 2.00 bits per heavy atom. The van der Waals surface area contributed by atoms with Gasteiger partial charge in [0.15, 0.2) is 0 Å². The second-order valence-electron chi connectivity index (χ2n) is 6.72. The fraction of sp³-hybridized carbons (Fsp3) is 0.500. The summed E-state index contributed by atoms with van der Waals surface area (Å²) in [5.74, 6) is -1.08. The standard InChI is InChI=1S/C18H22N2O4/c21-15(12-18(17(23)24)8-4-9-18)19-13-5-3-6-14(11-13)20-10-2-1-7-16(20)22/h3,5-6,11H,1-2,4,7-10,12H2,(H,19,21)(H,23,24). The second-order valence-corrected chi connectivity index (χ2v) is 6.72. The van der Waals surface area contributed by atoms with Gasteiger partial charge < -0.3 is 15.3 Å². The van der Waals surface area contributed by atoms with E-state index in [1.54, 1.807) is 23.1 Å². The van der Waals surface area contributed by atoms with Crippen molar-refractivity contribution in [3.8, 4) is 0 Å². The fourth-order valence-corrected chi connectivity index (χ4v) is 3.41. The first kappa shape index (κ1) is 16.5. The van der Waals surface area contributed by atoms with Crippen LogP contribution < -0.4 is 10.2 Å². The molecule has 6 heteroatoms. The first-order chi connectivity index (χ1) is 11.5. The third-order valence-corrected chi connectivity index (χ3v) is 5.03. The van der Waals surface area contributed by atoms with Crippen molar-refractivity contribution in [2.75, 3.05) is 16.8 Å². The molecule has 0 atom stereocenters. The number of nitrogens with zero attached hydrogens (tertiary/aromatic N) is 1. The Kier molecular flexibility index (Phi) is 4.55. The van der Waals surface area contributed by atoms with Gasteiger partial charge >= 0.3 is 5.97 Å². The van der Waals surface area contributed by atoms with Crippen molar-refractivity contribution in [1.82, 2.24) is 0 Å². The zero-order chi connectivity index (χ0) is 17.2. The molecule has 128 valence electrons. The molecule has 2 amide bonds. The number of piperidine rings is 1. The summed E-state index contributed by atoms with van der Waals surface area (Å²) in [6, 6.07) is 7.17. The molecule has 24 heavy (non-hydrogen) atoms. The number of nitrogens with one attached hydrogen (secondary N) is 1. The van der Waals surface area contributed by atoms with Gasteiger partial charge in [-0.2, -0.15) is 0 Å². The average Bonchev–Trinajstić information content (AvgIpc) is 2.51. The van der Waals surface area contributed by atoms with Gasteiger partial charge in [-0.1, -0.05) is 12.5 Å². The predicted molar refractivity (Wildman–Crippen MR) is 89.8 cm³/mol. The van der Waals surface area contributed by atoms with E-state index in [4.69, 9.17) is 0 Å². The number of rotatable bonds is 5. The Bertz CT molecular complexity index is 667. The first-order valence-corrected chi connectivity index (χ1v) is 8.44. The smallest absolute Gasteiger partial charge is 0.310 e. The maximum Gasteiger partial charge on any atom is 0.310 e. The van der Waals surface area contributed by atoms with E-state index < -0.39 is 11.4 Å². The number of carbonyl (C=O) groups is 3. The molecule has 2 aliphatic rings. The molecule has 1 aromatic carbocycles. The van der Waals surface area contributed by atoms with E-state index in [1.807, 2.05) is 6.07 Å². The van der Waals surface area contributed by atoms with Gasteiger partial charge in [0.25, 0.3) is 0 Å². The number of amides is 2. The maximum atomic E-state index is 12.2.